The van der Waals surface area contributed by atoms with Crippen molar-refractivity contribution in [2.45, 2.75) is 19.3 Å². The van der Waals surface area contributed by atoms with E-state index >= 15 is 0 Å². The second kappa shape index (κ2) is 7.02. The van der Waals surface area contributed by atoms with E-state index < -0.39 is 0 Å². The molecule has 1 aromatic carbocycles. The van der Waals surface area contributed by atoms with Gasteiger partial charge in [-0.1, -0.05) is 30.3 Å². The first-order valence-corrected chi connectivity index (χ1v) is 7.69. The Morgan fingerprint density at radius 1 is 1.14 bits per heavy atom. The zero-order valence-corrected chi connectivity index (χ0v) is 12.5. The lowest BCUT2D eigenvalue weighted by Crippen LogP contribution is -2.30. The maximum atomic E-state index is 11.5. The summed E-state index contributed by atoms with van der Waals surface area (Å²) in [6, 6.07) is 12.0. The minimum Gasteiger partial charge on any atom is -0.368 e. The van der Waals surface area contributed by atoms with Crippen LogP contribution >= 0.6 is 0 Å². The van der Waals surface area contributed by atoms with Crippen molar-refractivity contribution in [3.8, 4) is 0 Å². The van der Waals surface area contributed by atoms with Crippen molar-refractivity contribution in [2.75, 3.05) is 18.4 Å². The molecule has 22 heavy (non-hydrogen) atoms. The number of hydrogen-bond donors (Lipinski definition) is 2. The predicted molar refractivity (Wildman–Crippen MR) is 85.5 cm³/mol. The van der Waals surface area contributed by atoms with Gasteiger partial charge in [0.15, 0.2) is 0 Å². The van der Waals surface area contributed by atoms with E-state index in [0.29, 0.717) is 13.1 Å². The maximum Gasteiger partial charge on any atom is 0.223 e. The van der Waals surface area contributed by atoms with Crippen molar-refractivity contribution >= 4 is 11.7 Å². The molecule has 0 aliphatic heterocycles. The highest BCUT2D eigenvalue weighted by Gasteiger charge is 2.28. The van der Waals surface area contributed by atoms with E-state index in [1.54, 1.807) is 6.20 Å². The summed E-state index contributed by atoms with van der Waals surface area (Å²) in [6.07, 6.45) is 4.55. The Morgan fingerprint density at radius 2 is 1.95 bits per heavy atom. The Kier molecular flexibility index (Phi) is 4.63. The number of benzene rings is 1. The van der Waals surface area contributed by atoms with Crippen LogP contribution in [0.1, 0.15) is 24.2 Å². The van der Waals surface area contributed by atoms with Crippen molar-refractivity contribution < 1.29 is 4.79 Å². The van der Waals surface area contributed by atoms with Gasteiger partial charge in [-0.2, -0.15) is 0 Å². The molecule has 1 amide bonds. The molecule has 1 aliphatic carbocycles. The number of nitrogens with one attached hydrogen (secondary N) is 2. The summed E-state index contributed by atoms with van der Waals surface area (Å²) in [6.45, 7) is 1.29. The number of aromatic nitrogens is 2. The monoisotopic (exact) mass is 296 g/mol. The molecular formula is C17H20N4O. The van der Waals surface area contributed by atoms with Crippen molar-refractivity contribution in [3.05, 3.63) is 54.0 Å². The fraction of sp³-hybridized carbons (Fsp3) is 0.353. The molecule has 5 nitrogen and oxygen atoms in total. The minimum absolute atomic E-state index is 0.175. The molecule has 2 N–H and O–H groups in total. The Labute approximate surface area is 130 Å². The predicted octanol–water partition coefficient (Wildman–Crippen LogP) is 2.01. The average molecular weight is 296 g/mol. The van der Waals surface area contributed by atoms with Crippen molar-refractivity contribution in [3.63, 3.8) is 0 Å². The summed E-state index contributed by atoms with van der Waals surface area (Å²) in [5.74, 6) is 2.02. The van der Waals surface area contributed by atoms with Crippen LogP contribution in [0, 0.1) is 5.92 Å². The first-order chi connectivity index (χ1) is 10.8. The highest BCUT2D eigenvalue weighted by atomic mass is 16.2. The highest BCUT2D eigenvalue weighted by molar-refractivity contribution is 5.80. The van der Waals surface area contributed by atoms with Crippen LogP contribution in [-0.4, -0.2) is 29.0 Å². The second-order valence-corrected chi connectivity index (χ2v) is 5.51. The Morgan fingerprint density at radius 3 is 2.73 bits per heavy atom. The lowest BCUT2D eigenvalue weighted by molar-refractivity contribution is -0.122. The number of nitrogens with zero attached hydrogens (tertiary/aromatic N) is 2. The normalized spacial score (nSPS) is 13.6. The number of amides is 1. The molecule has 1 aromatic heterocycles. The van der Waals surface area contributed by atoms with Crippen LogP contribution < -0.4 is 10.6 Å². The van der Waals surface area contributed by atoms with Crippen LogP contribution in [-0.2, 0) is 11.2 Å². The second-order valence-electron chi connectivity index (χ2n) is 5.51. The first kappa shape index (κ1) is 14.5. The van der Waals surface area contributed by atoms with Gasteiger partial charge in [0.2, 0.25) is 5.91 Å². The molecule has 1 fully saturated rings. The van der Waals surface area contributed by atoms with Gasteiger partial charge in [0.1, 0.15) is 11.6 Å². The molecule has 0 radical (unpaired) electrons. The van der Waals surface area contributed by atoms with E-state index in [1.165, 1.54) is 5.56 Å². The summed E-state index contributed by atoms with van der Waals surface area (Å²) in [5, 5.41) is 6.14. The van der Waals surface area contributed by atoms with Crippen molar-refractivity contribution in [1.29, 1.82) is 0 Å². The molecule has 0 atom stereocenters. The van der Waals surface area contributed by atoms with Gasteiger partial charge in [0.05, 0.1) is 0 Å². The molecule has 0 saturated heterocycles. The third-order valence-corrected chi connectivity index (χ3v) is 3.59. The third kappa shape index (κ3) is 4.28. The Hall–Kier alpha value is -2.43. The average Bonchev–Trinajstić information content (AvgIpc) is 3.38. The van der Waals surface area contributed by atoms with Crippen LogP contribution in [0.2, 0.25) is 0 Å². The van der Waals surface area contributed by atoms with Gasteiger partial charge in [-0.05, 0) is 24.5 Å². The van der Waals surface area contributed by atoms with E-state index in [9.17, 15) is 4.79 Å². The maximum absolute atomic E-state index is 11.5. The summed E-state index contributed by atoms with van der Waals surface area (Å²) >= 11 is 0. The molecule has 0 unspecified atom stereocenters. The summed E-state index contributed by atoms with van der Waals surface area (Å²) < 4.78 is 0. The zero-order valence-electron chi connectivity index (χ0n) is 12.5. The molecular weight excluding hydrogens is 276 g/mol. The van der Waals surface area contributed by atoms with E-state index in [0.717, 1.165) is 30.9 Å². The van der Waals surface area contributed by atoms with E-state index in [-0.39, 0.29) is 11.8 Å². The third-order valence-electron chi connectivity index (χ3n) is 3.59. The molecule has 0 bridgehead atoms. The SMILES string of the molecule is O=C(NCCNc1ccnc(Cc2ccccc2)n1)C1CC1. The summed E-state index contributed by atoms with van der Waals surface area (Å²) in [5.41, 5.74) is 1.19. The minimum atomic E-state index is 0.175. The molecule has 0 spiro atoms. The van der Waals surface area contributed by atoms with Gasteiger partial charge < -0.3 is 10.6 Å². The van der Waals surface area contributed by atoms with Crippen LogP contribution in [0.15, 0.2) is 42.6 Å². The topological polar surface area (TPSA) is 66.9 Å². The Balaban J connectivity index is 1.47. The van der Waals surface area contributed by atoms with Crippen LogP contribution in [0.3, 0.4) is 0 Å². The molecule has 1 heterocycles. The van der Waals surface area contributed by atoms with E-state index in [4.69, 9.17) is 0 Å². The van der Waals surface area contributed by atoms with E-state index in [1.807, 2.05) is 24.3 Å². The number of carbonyl (C=O) groups is 1. The number of rotatable bonds is 7. The van der Waals surface area contributed by atoms with Gasteiger partial charge in [0.25, 0.3) is 0 Å². The molecule has 114 valence electrons. The molecule has 1 saturated carbocycles. The molecule has 3 rings (SSSR count). The molecule has 1 aliphatic rings. The Bertz CT molecular complexity index is 626. The zero-order chi connectivity index (χ0) is 15.2. The van der Waals surface area contributed by atoms with Gasteiger partial charge >= 0.3 is 0 Å². The summed E-state index contributed by atoms with van der Waals surface area (Å²) in [7, 11) is 0. The van der Waals surface area contributed by atoms with Gasteiger partial charge in [-0.15, -0.1) is 0 Å². The van der Waals surface area contributed by atoms with Crippen LogP contribution in [0.5, 0.6) is 0 Å². The van der Waals surface area contributed by atoms with Crippen LogP contribution in [0.25, 0.3) is 0 Å². The van der Waals surface area contributed by atoms with Crippen molar-refractivity contribution in [1.82, 2.24) is 15.3 Å². The lowest BCUT2D eigenvalue weighted by atomic mass is 10.1. The first-order valence-electron chi connectivity index (χ1n) is 7.69. The molecule has 2 aromatic rings. The van der Waals surface area contributed by atoms with Gasteiger partial charge in [0, 0.05) is 31.6 Å². The van der Waals surface area contributed by atoms with E-state index in [2.05, 4.69) is 32.7 Å². The smallest absolute Gasteiger partial charge is 0.223 e. The number of anilines is 1. The number of carbonyl (C=O) groups excluding carboxylic acids is 1. The quantitative estimate of drug-likeness (QED) is 0.767. The fourth-order valence-electron chi connectivity index (χ4n) is 2.23. The van der Waals surface area contributed by atoms with Crippen LogP contribution in [0.4, 0.5) is 5.82 Å². The summed E-state index contributed by atoms with van der Waals surface area (Å²) in [4.78, 5) is 20.3. The lowest BCUT2D eigenvalue weighted by Gasteiger charge is -2.08. The van der Waals surface area contributed by atoms with Gasteiger partial charge in [-0.3, -0.25) is 4.79 Å². The largest absolute Gasteiger partial charge is 0.368 e. The van der Waals surface area contributed by atoms with Crippen molar-refractivity contribution in [2.24, 2.45) is 5.92 Å². The standard InChI is InChI=1S/C17H20N4O/c22-17(14-6-7-14)20-11-10-19-15-8-9-18-16(21-15)12-13-4-2-1-3-5-13/h1-5,8-9,14H,6-7,10-12H2,(H,20,22)(H,18,19,21). The molecule has 5 heteroatoms. The highest BCUT2D eigenvalue weighted by Crippen LogP contribution is 2.28. The number of hydrogen-bond acceptors (Lipinski definition) is 4. The fourth-order valence-corrected chi connectivity index (χ4v) is 2.23. The van der Waals surface area contributed by atoms with Gasteiger partial charge in [-0.25, -0.2) is 9.97 Å².